The van der Waals surface area contributed by atoms with E-state index in [0.717, 1.165) is 55.4 Å². The molecule has 4 heteroatoms. The third kappa shape index (κ3) is 4.13. The number of fused-ring (bicyclic) bond motifs is 1. The number of hydrogen-bond donors (Lipinski definition) is 1. The topological polar surface area (TPSA) is 47.7 Å². The second-order valence-corrected chi connectivity index (χ2v) is 6.47. The Bertz CT molecular complexity index is 687. The minimum Gasteiger partial charge on any atom is -0.494 e. The van der Waals surface area contributed by atoms with Crippen LogP contribution in [-0.4, -0.2) is 25.8 Å². The number of benzene rings is 2. The molecule has 0 radical (unpaired) electrons. The molecule has 0 aromatic heterocycles. The molecule has 1 unspecified atom stereocenters. The Kier molecular flexibility index (Phi) is 5.14. The lowest BCUT2D eigenvalue weighted by molar-refractivity contribution is 0.212. The summed E-state index contributed by atoms with van der Waals surface area (Å²) in [5, 5.41) is 0. The van der Waals surface area contributed by atoms with Gasteiger partial charge in [-0.05, 0) is 62.6 Å². The third-order valence-electron chi connectivity index (χ3n) is 4.21. The van der Waals surface area contributed by atoms with Crippen LogP contribution in [0.4, 0.5) is 11.4 Å². The first-order chi connectivity index (χ1) is 11.6. The number of ether oxygens (including phenoxy) is 2. The number of rotatable bonds is 6. The molecule has 1 heterocycles. The fourth-order valence-electron chi connectivity index (χ4n) is 3.06. The van der Waals surface area contributed by atoms with E-state index in [9.17, 15) is 0 Å². The molecular weight excluding hydrogens is 300 g/mol. The van der Waals surface area contributed by atoms with Crippen LogP contribution >= 0.6 is 0 Å². The zero-order valence-electron chi connectivity index (χ0n) is 14.5. The summed E-state index contributed by atoms with van der Waals surface area (Å²) in [5.74, 6) is 1.88. The average molecular weight is 326 g/mol. The second kappa shape index (κ2) is 7.47. The molecule has 3 rings (SSSR count). The fourth-order valence-corrected chi connectivity index (χ4v) is 3.06. The average Bonchev–Trinajstić information content (AvgIpc) is 2.55. The molecule has 4 nitrogen and oxygen atoms in total. The maximum Gasteiger partial charge on any atom is 0.143 e. The van der Waals surface area contributed by atoms with Gasteiger partial charge in [0.1, 0.15) is 17.6 Å². The van der Waals surface area contributed by atoms with Crippen LogP contribution < -0.4 is 20.1 Å². The zero-order chi connectivity index (χ0) is 16.9. The first-order valence-corrected chi connectivity index (χ1v) is 8.62. The van der Waals surface area contributed by atoms with Crippen LogP contribution in [-0.2, 0) is 0 Å². The second-order valence-electron chi connectivity index (χ2n) is 6.47. The summed E-state index contributed by atoms with van der Waals surface area (Å²) in [7, 11) is 0. The highest BCUT2D eigenvalue weighted by atomic mass is 16.5. The first-order valence-electron chi connectivity index (χ1n) is 8.62. The van der Waals surface area contributed by atoms with Gasteiger partial charge in [0.05, 0.1) is 18.8 Å². The van der Waals surface area contributed by atoms with E-state index in [4.69, 9.17) is 15.2 Å². The van der Waals surface area contributed by atoms with E-state index in [1.807, 2.05) is 30.3 Å². The van der Waals surface area contributed by atoms with Gasteiger partial charge < -0.3 is 20.1 Å². The van der Waals surface area contributed by atoms with Crippen LogP contribution in [0.25, 0.3) is 0 Å². The number of nitrogens with two attached hydrogens (primary N) is 1. The van der Waals surface area contributed by atoms with Crippen molar-refractivity contribution >= 4 is 11.4 Å². The largest absolute Gasteiger partial charge is 0.494 e. The van der Waals surface area contributed by atoms with Gasteiger partial charge in [-0.25, -0.2) is 0 Å². The lowest BCUT2D eigenvalue weighted by Gasteiger charge is -2.35. The highest BCUT2D eigenvalue weighted by molar-refractivity contribution is 5.66. The smallest absolute Gasteiger partial charge is 0.143 e. The van der Waals surface area contributed by atoms with Gasteiger partial charge in [-0.2, -0.15) is 0 Å². The van der Waals surface area contributed by atoms with Crippen LogP contribution in [0.2, 0.25) is 0 Å². The quantitative estimate of drug-likeness (QED) is 0.643. The number of nitrogens with zero attached hydrogens (tertiary/aromatic N) is 1. The lowest BCUT2D eigenvalue weighted by atomic mass is 10.1. The van der Waals surface area contributed by atoms with Gasteiger partial charge >= 0.3 is 0 Å². The number of nitrogen functional groups attached to an aromatic ring is 1. The minimum absolute atomic E-state index is 0.199. The maximum atomic E-state index is 5.93. The molecule has 2 aromatic rings. The fraction of sp³-hybridized carbons (Fsp3) is 0.400. The molecule has 0 spiro atoms. The van der Waals surface area contributed by atoms with E-state index in [-0.39, 0.29) is 6.10 Å². The Morgan fingerprint density at radius 3 is 2.92 bits per heavy atom. The summed E-state index contributed by atoms with van der Waals surface area (Å²) >= 11 is 0. The molecule has 0 amide bonds. The molecular formula is C20H26N2O2. The Balaban J connectivity index is 1.49. The molecule has 0 saturated heterocycles. The zero-order valence-corrected chi connectivity index (χ0v) is 14.5. The van der Waals surface area contributed by atoms with Crippen molar-refractivity contribution in [3.63, 3.8) is 0 Å². The molecule has 128 valence electrons. The molecule has 24 heavy (non-hydrogen) atoms. The Morgan fingerprint density at radius 2 is 2.08 bits per heavy atom. The molecule has 1 atom stereocenters. The summed E-state index contributed by atoms with van der Waals surface area (Å²) in [5.41, 5.74) is 9.04. The summed E-state index contributed by atoms with van der Waals surface area (Å²) < 4.78 is 11.7. The lowest BCUT2D eigenvalue weighted by Crippen LogP contribution is -2.39. The monoisotopic (exact) mass is 326 g/mol. The summed E-state index contributed by atoms with van der Waals surface area (Å²) in [6, 6.07) is 14.1. The van der Waals surface area contributed by atoms with E-state index in [2.05, 4.69) is 30.9 Å². The minimum atomic E-state index is 0.199. The molecule has 0 bridgehead atoms. The van der Waals surface area contributed by atoms with Crippen molar-refractivity contribution in [2.45, 2.75) is 32.8 Å². The molecule has 1 aliphatic rings. The van der Waals surface area contributed by atoms with Crippen molar-refractivity contribution in [1.29, 1.82) is 0 Å². The first kappa shape index (κ1) is 16.5. The Morgan fingerprint density at radius 1 is 1.21 bits per heavy atom. The van der Waals surface area contributed by atoms with Crippen molar-refractivity contribution in [3.8, 4) is 11.5 Å². The maximum absolute atomic E-state index is 5.93. The van der Waals surface area contributed by atoms with Crippen LogP contribution in [0.15, 0.2) is 42.5 Å². The summed E-state index contributed by atoms with van der Waals surface area (Å²) in [4.78, 5) is 2.37. The molecule has 0 aliphatic carbocycles. The number of hydrogen-bond acceptors (Lipinski definition) is 4. The van der Waals surface area contributed by atoms with Crippen LogP contribution in [0.5, 0.6) is 11.5 Å². The van der Waals surface area contributed by atoms with Gasteiger partial charge in [0.2, 0.25) is 0 Å². The SMILES string of the molecule is Cc1cccc(OCCCCN2CC(C)Oc3ccc(N)cc32)c1. The highest BCUT2D eigenvalue weighted by Crippen LogP contribution is 2.35. The normalized spacial score (nSPS) is 16.4. The molecule has 0 saturated carbocycles. The van der Waals surface area contributed by atoms with Crippen LogP contribution in [0.3, 0.4) is 0 Å². The van der Waals surface area contributed by atoms with Gasteiger partial charge in [-0.1, -0.05) is 12.1 Å². The Labute approximate surface area is 144 Å². The molecule has 1 aliphatic heterocycles. The van der Waals surface area contributed by atoms with E-state index < -0.39 is 0 Å². The van der Waals surface area contributed by atoms with Gasteiger partial charge in [0.15, 0.2) is 0 Å². The number of anilines is 2. The van der Waals surface area contributed by atoms with E-state index in [1.165, 1.54) is 5.56 Å². The number of aryl methyl sites for hydroxylation is 1. The van der Waals surface area contributed by atoms with Gasteiger partial charge in [0, 0.05) is 12.2 Å². The standard InChI is InChI=1S/C20H26N2O2/c1-15-6-5-7-18(12-15)23-11-4-3-10-22-14-16(2)24-20-9-8-17(21)13-19(20)22/h5-9,12-13,16H,3-4,10-11,14,21H2,1-2H3. The van der Waals surface area contributed by atoms with Crippen LogP contribution in [0, 0.1) is 6.92 Å². The Hall–Kier alpha value is -2.36. The van der Waals surface area contributed by atoms with E-state index in [0.29, 0.717) is 0 Å². The van der Waals surface area contributed by atoms with Crippen molar-refractivity contribution in [2.24, 2.45) is 0 Å². The summed E-state index contributed by atoms with van der Waals surface area (Å²) in [6.45, 7) is 6.81. The highest BCUT2D eigenvalue weighted by Gasteiger charge is 2.22. The number of unbranched alkanes of at least 4 members (excludes halogenated alkanes) is 1. The molecule has 2 aromatic carbocycles. The van der Waals surface area contributed by atoms with Gasteiger partial charge in [0.25, 0.3) is 0 Å². The van der Waals surface area contributed by atoms with Gasteiger partial charge in [-0.3, -0.25) is 0 Å². The van der Waals surface area contributed by atoms with Crippen molar-refractivity contribution < 1.29 is 9.47 Å². The van der Waals surface area contributed by atoms with E-state index >= 15 is 0 Å². The predicted octanol–water partition coefficient (Wildman–Crippen LogP) is 4.02. The van der Waals surface area contributed by atoms with Crippen LogP contribution in [0.1, 0.15) is 25.3 Å². The predicted molar refractivity (Wildman–Crippen MR) is 99.1 cm³/mol. The molecule has 0 fully saturated rings. The molecule has 2 N–H and O–H groups in total. The van der Waals surface area contributed by atoms with Gasteiger partial charge in [-0.15, -0.1) is 0 Å². The van der Waals surface area contributed by atoms with E-state index in [1.54, 1.807) is 0 Å². The van der Waals surface area contributed by atoms with Crippen molar-refractivity contribution in [3.05, 3.63) is 48.0 Å². The summed E-state index contributed by atoms with van der Waals surface area (Å²) in [6.07, 6.45) is 2.30. The third-order valence-corrected chi connectivity index (χ3v) is 4.21. The van der Waals surface area contributed by atoms with Crippen molar-refractivity contribution in [1.82, 2.24) is 0 Å². The van der Waals surface area contributed by atoms with Crippen molar-refractivity contribution in [2.75, 3.05) is 30.3 Å².